The van der Waals surface area contributed by atoms with E-state index in [1.54, 1.807) is 55.6 Å². The Bertz CT molecular complexity index is 1300. The third-order valence-corrected chi connectivity index (χ3v) is 6.49. The molecule has 0 aliphatic carbocycles. The van der Waals surface area contributed by atoms with E-state index < -0.39 is 17.7 Å². The topological polar surface area (TPSA) is 76.1 Å². The molecule has 37 heavy (non-hydrogen) atoms. The molecule has 0 spiro atoms. The number of amides is 1. The van der Waals surface area contributed by atoms with Crippen molar-refractivity contribution < 1.29 is 24.2 Å². The van der Waals surface area contributed by atoms with Crippen LogP contribution in [0.25, 0.3) is 5.76 Å². The van der Waals surface area contributed by atoms with E-state index in [0.29, 0.717) is 34.9 Å². The zero-order valence-electron chi connectivity index (χ0n) is 21.9. The monoisotopic (exact) mass is 499 g/mol. The predicted molar refractivity (Wildman–Crippen MR) is 145 cm³/mol. The molecule has 1 saturated heterocycles. The lowest BCUT2D eigenvalue weighted by Gasteiger charge is -2.27. The van der Waals surface area contributed by atoms with Gasteiger partial charge in [0.05, 0.1) is 25.3 Å². The number of hydrogen-bond donors (Lipinski definition) is 1. The van der Waals surface area contributed by atoms with Crippen LogP contribution in [0.15, 0.2) is 78.4 Å². The van der Waals surface area contributed by atoms with Gasteiger partial charge in [0, 0.05) is 11.3 Å². The minimum Gasteiger partial charge on any atom is -0.507 e. The number of benzene rings is 3. The molecule has 3 aromatic carbocycles. The molecule has 0 bridgehead atoms. The van der Waals surface area contributed by atoms with Gasteiger partial charge in [-0.2, -0.15) is 0 Å². The Morgan fingerprint density at radius 1 is 0.892 bits per heavy atom. The van der Waals surface area contributed by atoms with Gasteiger partial charge in [0.1, 0.15) is 17.3 Å². The van der Waals surface area contributed by atoms with Crippen LogP contribution in [-0.2, 0) is 15.0 Å². The van der Waals surface area contributed by atoms with Crippen LogP contribution in [0.4, 0.5) is 5.69 Å². The number of aliphatic hydroxyl groups excluding tert-OH is 1. The van der Waals surface area contributed by atoms with Gasteiger partial charge >= 0.3 is 0 Å². The average molecular weight is 500 g/mol. The van der Waals surface area contributed by atoms with Crippen LogP contribution in [0.2, 0.25) is 0 Å². The number of rotatable bonds is 7. The van der Waals surface area contributed by atoms with Crippen molar-refractivity contribution >= 4 is 23.1 Å². The molecule has 6 heteroatoms. The number of Topliss-reactive ketones (excluding diaryl/α,β-unsaturated/α-hetero) is 1. The Morgan fingerprint density at radius 3 is 2.03 bits per heavy atom. The number of hydrogen-bond acceptors (Lipinski definition) is 5. The lowest BCUT2D eigenvalue weighted by molar-refractivity contribution is -0.132. The molecule has 1 heterocycles. The first-order valence-electron chi connectivity index (χ1n) is 12.4. The van der Waals surface area contributed by atoms with E-state index in [1.807, 2.05) is 31.2 Å². The molecule has 3 aromatic rings. The molecule has 1 atom stereocenters. The van der Waals surface area contributed by atoms with Gasteiger partial charge in [0.25, 0.3) is 11.7 Å². The highest BCUT2D eigenvalue weighted by Crippen LogP contribution is 2.43. The molecule has 192 valence electrons. The Morgan fingerprint density at radius 2 is 1.49 bits per heavy atom. The molecule has 0 saturated carbocycles. The number of ether oxygens (including phenoxy) is 2. The Hall–Kier alpha value is -4.06. The van der Waals surface area contributed by atoms with E-state index in [9.17, 15) is 14.7 Å². The van der Waals surface area contributed by atoms with Gasteiger partial charge in [-0.1, -0.05) is 52.0 Å². The molecule has 1 amide bonds. The van der Waals surface area contributed by atoms with Crippen LogP contribution in [0.1, 0.15) is 56.8 Å². The lowest BCUT2D eigenvalue weighted by Crippen LogP contribution is -2.29. The van der Waals surface area contributed by atoms with Crippen LogP contribution in [0, 0.1) is 0 Å². The molecule has 1 aliphatic heterocycles. The fraction of sp³-hybridized carbons (Fsp3) is 0.290. The van der Waals surface area contributed by atoms with Crippen molar-refractivity contribution in [1.29, 1.82) is 0 Å². The van der Waals surface area contributed by atoms with Gasteiger partial charge < -0.3 is 14.6 Å². The fourth-order valence-electron chi connectivity index (χ4n) is 4.41. The van der Waals surface area contributed by atoms with Gasteiger partial charge in [0.2, 0.25) is 0 Å². The first-order chi connectivity index (χ1) is 17.7. The van der Waals surface area contributed by atoms with Crippen molar-refractivity contribution in [2.45, 2.75) is 45.6 Å². The largest absolute Gasteiger partial charge is 0.507 e. The summed E-state index contributed by atoms with van der Waals surface area (Å²) >= 11 is 0. The maximum absolute atomic E-state index is 13.4. The maximum Gasteiger partial charge on any atom is 0.300 e. The van der Waals surface area contributed by atoms with Crippen molar-refractivity contribution in [1.82, 2.24) is 0 Å². The van der Waals surface area contributed by atoms with Gasteiger partial charge in [-0.05, 0) is 71.5 Å². The summed E-state index contributed by atoms with van der Waals surface area (Å²) in [6.45, 7) is 8.95. The lowest BCUT2D eigenvalue weighted by atomic mass is 9.87. The summed E-state index contributed by atoms with van der Waals surface area (Å²) < 4.78 is 10.9. The summed E-state index contributed by atoms with van der Waals surface area (Å²) in [7, 11) is 1.58. The van der Waals surface area contributed by atoms with Crippen LogP contribution >= 0.6 is 0 Å². The SMILES string of the molecule is CCCOc1ccc(/C(O)=C2\C(=O)C(=O)N(c3ccc(C(C)(C)C)cc3)C2c2ccc(OC)cc2)cc1. The number of carbonyl (C=O) groups is 2. The van der Waals surface area contributed by atoms with Crippen molar-refractivity contribution in [3.63, 3.8) is 0 Å². The molecular formula is C31H33NO5. The van der Waals surface area contributed by atoms with Crippen molar-refractivity contribution in [3.8, 4) is 11.5 Å². The van der Waals surface area contributed by atoms with Crippen LogP contribution in [0.5, 0.6) is 11.5 Å². The summed E-state index contributed by atoms with van der Waals surface area (Å²) in [5, 5.41) is 11.3. The minimum absolute atomic E-state index is 0.0392. The van der Waals surface area contributed by atoms with E-state index in [-0.39, 0.29) is 16.7 Å². The first kappa shape index (κ1) is 26.0. The zero-order chi connectivity index (χ0) is 26.7. The first-order valence-corrected chi connectivity index (χ1v) is 12.4. The summed E-state index contributed by atoms with van der Waals surface area (Å²) in [6.07, 6.45) is 0.879. The van der Waals surface area contributed by atoms with E-state index in [2.05, 4.69) is 20.8 Å². The number of carbonyl (C=O) groups excluding carboxylic acids is 2. The Kier molecular flexibility index (Phi) is 7.39. The van der Waals surface area contributed by atoms with E-state index in [1.165, 1.54) is 4.90 Å². The normalized spacial score (nSPS) is 17.2. The third-order valence-electron chi connectivity index (χ3n) is 6.49. The molecule has 6 nitrogen and oxygen atoms in total. The quantitative estimate of drug-likeness (QED) is 0.231. The standard InChI is InChI=1S/C31H33NO5/c1-6-19-37-25-17-9-21(10-18-25)28(33)26-27(20-7-15-24(36-5)16-8-20)32(30(35)29(26)34)23-13-11-22(12-14-23)31(2,3)4/h7-18,27,33H,6,19H2,1-5H3/b28-26+. The van der Waals surface area contributed by atoms with Crippen LogP contribution in [0.3, 0.4) is 0 Å². The van der Waals surface area contributed by atoms with Gasteiger partial charge in [-0.15, -0.1) is 0 Å². The van der Waals surface area contributed by atoms with Gasteiger partial charge in [-0.25, -0.2) is 0 Å². The molecule has 0 aromatic heterocycles. The second-order valence-corrected chi connectivity index (χ2v) is 10.1. The summed E-state index contributed by atoms with van der Waals surface area (Å²) in [5.74, 6) is -0.323. The molecule has 1 N–H and O–H groups in total. The molecule has 4 rings (SSSR count). The van der Waals surface area contributed by atoms with Crippen molar-refractivity contribution in [2.75, 3.05) is 18.6 Å². The smallest absolute Gasteiger partial charge is 0.300 e. The number of nitrogens with zero attached hydrogens (tertiary/aromatic N) is 1. The summed E-state index contributed by atoms with van der Waals surface area (Å²) in [6, 6.07) is 20.9. The Labute approximate surface area is 218 Å². The molecule has 1 fully saturated rings. The second kappa shape index (κ2) is 10.5. The fourth-order valence-corrected chi connectivity index (χ4v) is 4.41. The van der Waals surface area contributed by atoms with E-state index in [0.717, 1.165) is 12.0 Å². The molecule has 1 aliphatic rings. The highest BCUT2D eigenvalue weighted by molar-refractivity contribution is 6.51. The minimum atomic E-state index is -0.803. The van der Waals surface area contributed by atoms with Gasteiger partial charge in [0.15, 0.2) is 0 Å². The molecular weight excluding hydrogens is 466 g/mol. The summed E-state index contributed by atoms with van der Waals surface area (Å²) in [4.78, 5) is 28.2. The average Bonchev–Trinajstić information content (AvgIpc) is 3.17. The van der Waals surface area contributed by atoms with Gasteiger partial charge in [-0.3, -0.25) is 14.5 Å². The van der Waals surface area contributed by atoms with E-state index in [4.69, 9.17) is 9.47 Å². The number of ketones is 1. The third kappa shape index (κ3) is 5.24. The van der Waals surface area contributed by atoms with E-state index >= 15 is 0 Å². The number of methoxy groups -OCH3 is 1. The number of aliphatic hydroxyl groups is 1. The summed E-state index contributed by atoms with van der Waals surface area (Å²) in [5.41, 5.74) is 2.79. The number of anilines is 1. The predicted octanol–water partition coefficient (Wildman–Crippen LogP) is 6.41. The molecule has 1 unspecified atom stereocenters. The van der Waals surface area contributed by atoms with Crippen LogP contribution < -0.4 is 14.4 Å². The second-order valence-electron chi connectivity index (χ2n) is 10.1. The highest BCUT2D eigenvalue weighted by atomic mass is 16.5. The highest BCUT2D eigenvalue weighted by Gasteiger charge is 2.47. The van der Waals surface area contributed by atoms with Crippen molar-refractivity contribution in [3.05, 3.63) is 95.1 Å². The Balaban J connectivity index is 1.83. The zero-order valence-corrected chi connectivity index (χ0v) is 21.9. The van der Waals surface area contributed by atoms with Crippen LogP contribution in [-0.4, -0.2) is 30.5 Å². The maximum atomic E-state index is 13.4. The molecule has 0 radical (unpaired) electrons. The van der Waals surface area contributed by atoms with Crippen molar-refractivity contribution in [2.24, 2.45) is 0 Å².